The van der Waals surface area contributed by atoms with Gasteiger partial charge in [0.25, 0.3) is 0 Å². The Morgan fingerprint density at radius 3 is 2.63 bits per heavy atom. The van der Waals surface area contributed by atoms with Crippen molar-refractivity contribution in [2.24, 2.45) is 5.92 Å². The second kappa shape index (κ2) is 6.80. The number of hydrogen-bond acceptors (Lipinski definition) is 1. The van der Waals surface area contributed by atoms with Crippen LogP contribution in [-0.2, 0) is 6.54 Å². The van der Waals surface area contributed by atoms with Crippen LogP contribution in [0.15, 0.2) is 24.3 Å². The van der Waals surface area contributed by atoms with Gasteiger partial charge < -0.3 is 10.6 Å². The maximum Gasteiger partial charge on any atom is 0.315 e. The fourth-order valence-electron chi connectivity index (χ4n) is 2.53. The van der Waals surface area contributed by atoms with Crippen molar-refractivity contribution < 1.29 is 4.79 Å². The van der Waals surface area contributed by atoms with Crippen molar-refractivity contribution in [2.45, 2.75) is 45.2 Å². The lowest BCUT2D eigenvalue weighted by Crippen LogP contribution is -2.45. The Morgan fingerprint density at radius 2 is 1.95 bits per heavy atom. The maximum atomic E-state index is 11.8. The van der Waals surface area contributed by atoms with E-state index < -0.39 is 0 Å². The lowest BCUT2D eigenvalue weighted by atomic mass is 9.86. The predicted molar refractivity (Wildman–Crippen MR) is 78.2 cm³/mol. The lowest BCUT2D eigenvalue weighted by molar-refractivity contribution is 0.221. The quantitative estimate of drug-likeness (QED) is 0.870. The van der Waals surface area contributed by atoms with Crippen LogP contribution in [0, 0.1) is 5.92 Å². The van der Waals surface area contributed by atoms with Gasteiger partial charge in [-0.25, -0.2) is 4.79 Å². The third-order valence-electron chi connectivity index (χ3n) is 3.79. The standard InChI is InChI=1S/C15H21ClN2O/c1-11-4-2-3-5-14(11)18-15(19)17-10-12-6-8-13(16)9-7-12/h6-9,11,14H,2-5,10H2,1H3,(H2,17,18,19). The monoisotopic (exact) mass is 280 g/mol. The van der Waals surface area contributed by atoms with Crippen molar-refractivity contribution >= 4 is 17.6 Å². The third-order valence-corrected chi connectivity index (χ3v) is 4.05. The first kappa shape index (κ1) is 14.2. The molecule has 104 valence electrons. The first-order valence-corrected chi connectivity index (χ1v) is 7.32. The van der Waals surface area contributed by atoms with Gasteiger partial charge in [0.15, 0.2) is 0 Å². The molecule has 0 aliphatic heterocycles. The Bertz CT molecular complexity index is 419. The van der Waals surface area contributed by atoms with Crippen LogP contribution in [0.2, 0.25) is 5.02 Å². The van der Waals surface area contributed by atoms with Gasteiger partial charge in [0.2, 0.25) is 0 Å². The van der Waals surface area contributed by atoms with Crippen LogP contribution in [-0.4, -0.2) is 12.1 Å². The third kappa shape index (κ3) is 4.43. The molecule has 1 aromatic carbocycles. The van der Waals surface area contributed by atoms with Gasteiger partial charge in [-0.15, -0.1) is 0 Å². The van der Waals surface area contributed by atoms with E-state index in [0.29, 0.717) is 23.5 Å². The molecule has 2 atom stereocenters. The van der Waals surface area contributed by atoms with Gasteiger partial charge in [-0.05, 0) is 36.5 Å². The first-order chi connectivity index (χ1) is 9.15. The SMILES string of the molecule is CC1CCCCC1NC(=O)NCc1ccc(Cl)cc1. The second-order valence-corrected chi connectivity index (χ2v) is 5.76. The van der Waals surface area contributed by atoms with Crippen LogP contribution in [0.4, 0.5) is 4.79 Å². The maximum absolute atomic E-state index is 11.8. The topological polar surface area (TPSA) is 41.1 Å². The van der Waals surface area contributed by atoms with Gasteiger partial charge >= 0.3 is 6.03 Å². The summed E-state index contributed by atoms with van der Waals surface area (Å²) in [4.78, 5) is 11.8. The average molecular weight is 281 g/mol. The van der Waals surface area contributed by atoms with E-state index in [2.05, 4.69) is 17.6 Å². The molecule has 3 nitrogen and oxygen atoms in total. The average Bonchev–Trinajstić information content (AvgIpc) is 2.41. The minimum atomic E-state index is -0.0753. The molecule has 2 rings (SSSR count). The number of carbonyl (C=O) groups is 1. The van der Waals surface area contributed by atoms with E-state index in [1.54, 1.807) is 0 Å². The summed E-state index contributed by atoms with van der Waals surface area (Å²) < 4.78 is 0. The molecule has 0 aromatic heterocycles. The normalized spacial score (nSPS) is 22.8. The van der Waals surface area contributed by atoms with Crippen LogP contribution in [0.5, 0.6) is 0 Å². The Morgan fingerprint density at radius 1 is 1.26 bits per heavy atom. The molecule has 19 heavy (non-hydrogen) atoms. The van der Waals surface area contributed by atoms with Crippen LogP contribution in [0.3, 0.4) is 0 Å². The highest BCUT2D eigenvalue weighted by Crippen LogP contribution is 2.23. The number of halogens is 1. The number of rotatable bonds is 3. The molecule has 1 aliphatic rings. The van der Waals surface area contributed by atoms with Gasteiger partial charge in [-0.3, -0.25) is 0 Å². The molecule has 1 aliphatic carbocycles. The van der Waals surface area contributed by atoms with Gasteiger partial charge in [0, 0.05) is 17.6 Å². The van der Waals surface area contributed by atoms with Gasteiger partial charge in [0.1, 0.15) is 0 Å². The predicted octanol–water partition coefficient (Wildman–Crippen LogP) is 3.72. The van der Waals surface area contributed by atoms with Gasteiger partial charge in [-0.2, -0.15) is 0 Å². The van der Waals surface area contributed by atoms with E-state index in [1.807, 2.05) is 24.3 Å². The van der Waals surface area contributed by atoms with Crippen molar-refractivity contribution in [2.75, 3.05) is 0 Å². The molecule has 0 heterocycles. The van der Waals surface area contributed by atoms with Crippen LogP contribution < -0.4 is 10.6 Å². The number of urea groups is 1. The second-order valence-electron chi connectivity index (χ2n) is 5.32. The highest BCUT2D eigenvalue weighted by atomic mass is 35.5. The smallest absolute Gasteiger partial charge is 0.315 e. The molecule has 1 fully saturated rings. The molecule has 0 bridgehead atoms. The Labute approximate surface area is 119 Å². The number of benzene rings is 1. The number of amides is 2. The Kier molecular flexibility index (Phi) is 5.08. The summed E-state index contributed by atoms with van der Waals surface area (Å²) in [5.74, 6) is 0.579. The van der Waals surface area contributed by atoms with Crippen LogP contribution >= 0.6 is 11.6 Å². The summed E-state index contributed by atoms with van der Waals surface area (Å²) >= 11 is 5.82. The van der Waals surface area contributed by atoms with Crippen molar-refractivity contribution in [3.63, 3.8) is 0 Å². The van der Waals surface area contributed by atoms with E-state index in [-0.39, 0.29) is 6.03 Å². The summed E-state index contributed by atoms with van der Waals surface area (Å²) in [6.07, 6.45) is 4.80. The zero-order valence-electron chi connectivity index (χ0n) is 11.3. The number of carbonyl (C=O) groups excluding carboxylic acids is 1. The fraction of sp³-hybridized carbons (Fsp3) is 0.533. The minimum absolute atomic E-state index is 0.0753. The molecule has 2 unspecified atom stereocenters. The molecule has 0 spiro atoms. The highest BCUT2D eigenvalue weighted by molar-refractivity contribution is 6.30. The summed E-state index contributed by atoms with van der Waals surface area (Å²) in [7, 11) is 0. The zero-order valence-corrected chi connectivity index (χ0v) is 12.0. The van der Waals surface area contributed by atoms with Crippen molar-refractivity contribution in [3.8, 4) is 0 Å². The van der Waals surface area contributed by atoms with E-state index >= 15 is 0 Å². The van der Waals surface area contributed by atoms with E-state index in [9.17, 15) is 4.79 Å². The molecule has 1 aromatic rings. The van der Waals surface area contributed by atoms with E-state index in [4.69, 9.17) is 11.6 Å². The zero-order chi connectivity index (χ0) is 13.7. The Balaban J connectivity index is 1.76. The van der Waals surface area contributed by atoms with E-state index in [0.717, 1.165) is 12.0 Å². The molecule has 0 radical (unpaired) electrons. The van der Waals surface area contributed by atoms with Crippen LogP contribution in [0.25, 0.3) is 0 Å². The molecule has 4 heteroatoms. The van der Waals surface area contributed by atoms with Crippen molar-refractivity contribution in [1.82, 2.24) is 10.6 Å². The first-order valence-electron chi connectivity index (χ1n) is 6.94. The molecular weight excluding hydrogens is 260 g/mol. The van der Waals surface area contributed by atoms with E-state index in [1.165, 1.54) is 19.3 Å². The molecule has 0 saturated heterocycles. The molecule has 2 amide bonds. The number of hydrogen-bond donors (Lipinski definition) is 2. The van der Waals surface area contributed by atoms with Crippen molar-refractivity contribution in [3.05, 3.63) is 34.9 Å². The van der Waals surface area contributed by atoms with Gasteiger partial charge in [0.05, 0.1) is 0 Å². The summed E-state index contributed by atoms with van der Waals surface area (Å²) in [5, 5.41) is 6.68. The largest absolute Gasteiger partial charge is 0.335 e. The highest BCUT2D eigenvalue weighted by Gasteiger charge is 2.22. The lowest BCUT2D eigenvalue weighted by Gasteiger charge is -2.29. The molecule has 2 N–H and O–H groups in total. The summed E-state index contributed by atoms with van der Waals surface area (Å²) in [5.41, 5.74) is 1.05. The number of nitrogens with one attached hydrogen (secondary N) is 2. The van der Waals surface area contributed by atoms with Gasteiger partial charge in [-0.1, -0.05) is 43.5 Å². The van der Waals surface area contributed by atoms with Crippen LogP contribution in [0.1, 0.15) is 38.2 Å². The Hall–Kier alpha value is -1.22. The fourth-order valence-corrected chi connectivity index (χ4v) is 2.66. The van der Waals surface area contributed by atoms with Crippen molar-refractivity contribution in [1.29, 1.82) is 0 Å². The summed E-state index contributed by atoms with van der Waals surface area (Å²) in [6, 6.07) is 7.75. The summed E-state index contributed by atoms with van der Waals surface area (Å²) in [6.45, 7) is 2.74. The molecule has 1 saturated carbocycles. The molecular formula is C15H21ClN2O. The minimum Gasteiger partial charge on any atom is -0.335 e.